The Balaban J connectivity index is 2.58. The Morgan fingerprint density at radius 3 is 2.09 bits per heavy atom. The standard InChI is InChI=1S/C9H16N2/c1-11-9(8-10)6-4-2-3-5-7-9/h11H,2-7H2,1H3. The van der Waals surface area contributed by atoms with Crippen LogP contribution in [0.1, 0.15) is 38.5 Å². The van der Waals surface area contributed by atoms with Crippen molar-refractivity contribution in [2.45, 2.75) is 44.1 Å². The predicted molar refractivity (Wildman–Crippen MR) is 45.1 cm³/mol. The lowest BCUT2D eigenvalue weighted by molar-refractivity contribution is 0.395. The first-order chi connectivity index (χ1) is 5.33. The van der Waals surface area contributed by atoms with E-state index in [0.717, 1.165) is 12.8 Å². The van der Waals surface area contributed by atoms with Crippen LogP contribution in [0.25, 0.3) is 0 Å². The van der Waals surface area contributed by atoms with Crippen molar-refractivity contribution in [1.29, 1.82) is 5.26 Å². The summed E-state index contributed by atoms with van der Waals surface area (Å²) in [6.07, 6.45) is 7.05. The molecule has 0 aromatic heterocycles. The van der Waals surface area contributed by atoms with Crippen LogP contribution in [-0.4, -0.2) is 12.6 Å². The Bertz CT molecular complexity index is 149. The van der Waals surface area contributed by atoms with E-state index in [1.165, 1.54) is 25.7 Å². The lowest BCUT2D eigenvalue weighted by atomic mass is 9.92. The van der Waals surface area contributed by atoms with Crippen molar-refractivity contribution in [2.24, 2.45) is 0 Å². The van der Waals surface area contributed by atoms with E-state index >= 15 is 0 Å². The van der Waals surface area contributed by atoms with Crippen LogP contribution < -0.4 is 5.32 Å². The number of hydrogen-bond donors (Lipinski definition) is 1. The van der Waals surface area contributed by atoms with Gasteiger partial charge in [-0.05, 0) is 19.9 Å². The van der Waals surface area contributed by atoms with Gasteiger partial charge in [-0.15, -0.1) is 0 Å². The van der Waals surface area contributed by atoms with Gasteiger partial charge in [0, 0.05) is 0 Å². The Morgan fingerprint density at radius 2 is 1.73 bits per heavy atom. The topological polar surface area (TPSA) is 35.8 Å². The average Bonchev–Trinajstić information content (AvgIpc) is 2.30. The van der Waals surface area contributed by atoms with Crippen molar-refractivity contribution in [3.63, 3.8) is 0 Å². The molecular formula is C9H16N2. The van der Waals surface area contributed by atoms with E-state index in [1.807, 2.05) is 7.05 Å². The minimum Gasteiger partial charge on any atom is -0.302 e. The summed E-state index contributed by atoms with van der Waals surface area (Å²) in [7, 11) is 1.90. The molecule has 1 saturated carbocycles. The lowest BCUT2D eigenvalue weighted by Crippen LogP contribution is -2.40. The van der Waals surface area contributed by atoms with Crippen LogP contribution >= 0.6 is 0 Å². The zero-order chi connectivity index (χ0) is 8.16. The van der Waals surface area contributed by atoms with E-state index < -0.39 is 0 Å². The Kier molecular flexibility index (Phi) is 2.90. The molecule has 2 heteroatoms. The number of nitriles is 1. The van der Waals surface area contributed by atoms with E-state index in [0.29, 0.717) is 0 Å². The number of rotatable bonds is 1. The highest BCUT2D eigenvalue weighted by atomic mass is 14.9. The van der Waals surface area contributed by atoms with E-state index in [4.69, 9.17) is 5.26 Å². The highest BCUT2D eigenvalue weighted by Crippen LogP contribution is 2.25. The highest BCUT2D eigenvalue weighted by Gasteiger charge is 2.28. The summed E-state index contributed by atoms with van der Waals surface area (Å²) >= 11 is 0. The molecule has 11 heavy (non-hydrogen) atoms. The van der Waals surface area contributed by atoms with E-state index in [-0.39, 0.29) is 5.54 Å². The second-order valence-corrected chi connectivity index (χ2v) is 3.36. The van der Waals surface area contributed by atoms with Crippen molar-refractivity contribution in [1.82, 2.24) is 5.32 Å². The summed E-state index contributed by atoms with van der Waals surface area (Å²) in [4.78, 5) is 0. The van der Waals surface area contributed by atoms with Crippen LogP contribution in [0.15, 0.2) is 0 Å². The van der Waals surface area contributed by atoms with Crippen molar-refractivity contribution in [3.8, 4) is 6.07 Å². The first-order valence-electron chi connectivity index (χ1n) is 4.43. The predicted octanol–water partition coefficient (Wildman–Crippen LogP) is 1.82. The summed E-state index contributed by atoms with van der Waals surface area (Å²) in [5, 5.41) is 12.1. The maximum Gasteiger partial charge on any atom is 0.106 e. The third-order valence-electron chi connectivity index (χ3n) is 2.65. The SMILES string of the molecule is CNC1(C#N)CCCCCC1. The second kappa shape index (κ2) is 3.73. The van der Waals surface area contributed by atoms with Crippen molar-refractivity contribution in [2.75, 3.05) is 7.05 Å². The largest absolute Gasteiger partial charge is 0.302 e. The van der Waals surface area contributed by atoms with Gasteiger partial charge in [0.05, 0.1) is 6.07 Å². The van der Waals surface area contributed by atoms with Gasteiger partial charge in [-0.25, -0.2) is 0 Å². The zero-order valence-corrected chi connectivity index (χ0v) is 7.19. The van der Waals surface area contributed by atoms with E-state index in [1.54, 1.807) is 0 Å². The molecule has 1 fully saturated rings. The molecule has 1 aliphatic carbocycles. The minimum atomic E-state index is -0.198. The van der Waals surface area contributed by atoms with Gasteiger partial charge < -0.3 is 5.32 Å². The lowest BCUT2D eigenvalue weighted by Gasteiger charge is -2.23. The maximum absolute atomic E-state index is 8.95. The summed E-state index contributed by atoms with van der Waals surface area (Å²) in [5.41, 5.74) is -0.198. The smallest absolute Gasteiger partial charge is 0.106 e. The van der Waals surface area contributed by atoms with Crippen LogP contribution in [0.2, 0.25) is 0 Å². The van der Waals surface area contributed by atoms with Gasteiger partial charge in [-0.1, -0.05) is 25.7 Å². The number of nitrogens with one attached hydrogen (secondary N) is 1. The van der Waals surface area contributed by atoms with Gasteiger partial charge in [0.25, 0.3) is 0 Å². The molecule has 0 atom stereocenters. The van der Waals surface area contributed by atoms with Gasteiger partial charge >= 0.3 is 0 Å². The van der Waals surface area contributed by atoms with Gasteiger partial charge in [0.1, 0.15) is 5.54 Å². The molecule has 0 amide bonds. The van der Waals surface area contributed by atoms with Gasteiger partial charge in [0.2, 0.25) is 0 Å². The molecule has 0 unspecified atom stereocenters. The van der Waals surface area contributed by atoms with Crippen LogP contribution in [-0.2, 0) is 0 Å². The zero-order valence-electron chi connectivity index (χ0n) is 7.19. The van der Waals surface area contributed by atoms with E-state index in [9.17, 15) is 0 Å². The molecule has 1 N–H and O–H groups in total. The molecule has 0 spiro atoms. The minimum absolute atomic E-state index is 0.198. The van der Waals surface area contributed by atoms with Crippen molar-refractivity contribution >= 4 is 0 Å². The summed E-state index contributed by atoms with van der Waals surface area (Å²) in [6, 6.07) is 2.40. The maximum atomic E-state index is 8.95. The van der Waals surface area contributed by atoms with Gasteiger partial charge in [-0.2, -0.15) is 5.26 Å². The molecule has 2 nitrogen and oxygen atoms in total. The summed E-state index contributed by atoms with van der Waals surface area (Å²) in [5.74, 6) is 0. The highest BCUT2D eigenvalue weighted by molar-refractivity contribution is 5.06. The first kappa shape index (κ1) is 8.55. The molecule has 1 rings (SSSR count). The quantitative estimate of drug-likeness (QED) is 0.582. The van der Waals surface area contributed by atoms with E-state index in [2.05, 4.69) is 11.4 Å². The van der Waals surface area contributed by atoms with Crippen molar-refractivity contribution in [3.05, 3.63) is 0 Å². The van der Waals surface area contributed by atoms with Crippen LogP contribution in [0.4, 0.5) is 0 Å². The fourth-order valence-corrected chi connectivity index (χ4v) is 1.75. The molecule has 62 valence electrons. The molecule has 0 aromatic rings. The molecule has 0 heterocycles. The fourth-order valence-electron chi connectivity index (χ4n) is 1.75. The molecule has 0 aliphatic heterocycles. The third kappa shape index (κ3) is 1.94. The molecule has 0 saturated heterocycles. The Labute approximate surface area is 68.6 Å². The van der Waals surface area contributed by atoms with Gasteiger partial charge in [0.15, 0.2) is 0 Å². The first-order valence-corrected chi connectivity index (χ1v) is 4.43. The third-order valence-corrected chi connectivity index (χ3v) is 2.65. The van der Waals surface area contributed by atoms with Gasteiger partial charge in [-0.3, -0.25) is 0 Å². The summed E-state index contributed by atoms with van der Waals surface area (Å²) < 4.78 is 0. The van der Waals surface area contributed by atoms with Crippen molar-refractivity contribution < 1.29 is 0 Å². The molecule has 1 aliphatic rings. The monoisotopic (exact) mass is 152 g/mol. The number of nitrogens with zero attached hydrogens (tertiary/aromatic N) is 1. The van der Waals surface area contributed by atoms with Crippen LogP contribution in [0.3, 0.4) is 0 Å². The molecule has 0 bridgehead atoms. The second-order valence-electron chi connectivity index (χ2n) is 3.36. The van der Waals surface area contributed by atoms with Crippen LogP contribution in [0.5, 0.6) is 0 Å². The van der Waals surface area contributed by atoms with Crippen LogP contribution in [0, 0.1) is 11.3 Å². The average molecular weight is 152 g/mol. The summed E-state index contributed by atoms with van der Waals surface area (Å²) in [6.45, 7) is 0. The fraction of sp³-hybridized carbons (Fsp3) is 0.889. The molecular weight excluding hydrogens is 136 g/mol. The normalized spacial score (nSPS) is 23.6. The molecule has 0 radical (unpaired) electrons. The Morgan fingerprint density at radius 1 is 1.18 bits per heavy atom. The Hall–Kier alpha value is -0.550. The number of hydrogen-bond acceptors (Lipinski definition) is 2. The molecule has 0 aromatic carbocycles.